The van der Waals surface area contributed by atoms with Crippen molar-refractivity contribution in [2.75, 3.05) is 11.5 Å². The Balaban J connectivity index is 1.51. The third-order valence-corrected chi connectivity index (χ3v) is 6.81. The molecule has 1 aliphatic rings. The van der Waals surface area contributed by atoms with Gasteiger partial charge in [-0.1, -0.05) is 12.1 Å². The van der Waals surface area contributed by atoms with Crippen LogP contribution in [-0.4, -0.2) is 29.5 Å². The van der Waals surface area contributed by atoms with Crippen molar-refractivity contribution in [3.05, 3.63) is 59.5 Å². The minimum atomic E-state index is -0.872. The van der Waals surface area contributed by atoms with Crippen molar-refractivity contribution in [1.82, 2.24) is 5.32 Å². The van der Waals surface area contributed by atoms with E-state index in [-0.39, 0.29) is 12.5 Å². The Kier molecular flexibility index (Phi) is 6.09. The molecule has 1 aliphatic heterocycles. The van der Waals surface area contributed by atoms with Crippen LogP contribution in [-0.2, 0) is 16.1 Å². The molecule has 1 saturated heterocycles. The molecule has 0 aliphatic carbocycles. The van der Waals surface area contributed by atoms with Gasteiger partial charge in [-0.15, -0.1) is 23.5 Å². The van der Waals surface area contributed by atoms with Crippen molar-refractivity contribution in [3.63, 3.8) is 0 Å². The molecule has 2 aromatic rings. The van der Waals surface area contributed by atoms with E-state index in [1.165, 1.54) is 11.8 Å². The first-order valence-corrected chi connectivity index (χ1v) is 10.1. The SMILES string of the molecule is CC(OC(=O)c1ccc(C2SCCS2)cc1)C(=O)NCc1ccco1. The summed E-state index contributed by atoms with van der Waals surface area (Å²) in [6.07, 6.45) is 0.667. The van der Waals surface area contributed by atoms with Crippen molar-refractivity contribution in [1.29, 1.82) is 0 Å². The molecule has 0 spiro atoms. The number of furan rings is 1. The predicted octanol–water partition coefficient (Wildman–Crippen LogP) is 3.62. The van der Waals surface area contributed by atoms with Crippen molar-refractivity contribution < 1.29 is 18.7 Å². The summed E-state index contributed by atoms with van der Waals surface area (Å²) in [5.74, 6) is 2.09. The smallest absolute Gasteiger partial charge is 0.338 e. The number of carbonyl (C=O) groups excluding carboxylic acids is 2. The number of nitrogens with one attached hydrogen (secondary N) is 1. The lowest BCUT2D eigenvalue weighted by molar-refractivity contribution is -0.129. The summed E-state index contributed by atoms with van der Waals surface area (Å²) in [5.41, 5.74) is 1.65. The van der Waals surface area contributed by atoms with Gasteiger partial charge in [0.1, 0.15) is 5.76 Å². The highest BCUT2D eigenvalue weighted by Gasteiger charge is 2.21. The fourth-order valence-electron chi connectivity index (χ4n) is 2.34. The summed E-state index contributed by atoms with van der Waals surface area (Å²) >= 11 is 3.83. The van der Waals surface area contributed by atoms with Gasteiger partial charge < -0.3 is 14.5 Å². The molecule has 1 fully saturated rings. The number of esters is 1. The van der Waals surface area contributed by atoms with E-state index in [0.29, 0.717) is 15.9 Å². The first kappa shape index (κ1) is 17.9. The number of hydrogen-bond acceptors (Lipinski definition) is 6. The number of carbonyl (C=O) groups is 2. The maximum atomic E-state index is 12.2. The number of rotatable bonds is 6. The zero-order valence-corrected chi connectivity index (χ0v) is 15.4. The van der Waals surface area contributed by atoms with E-state index in [1.807, 2.05) is 35.7 Å². The van der Waals surface area contributed by atoms with Gasteiger partial charge in [-0.3, -0.25) is 4.79 Å². The van der Waals surface area contributed by atoms with Gasteiger partial charge in [-0.25, -0.2) is 4.79 Å². The zero-order valence-electron chi connectivity index (χ0n) is 13.8. The average molecular weight is 377 g/mol. The van der Waals surface area contributed by atoms with E-state index < -0.39 is 12.1 Å². The summed E-state index contributed by atoms with van der Waals surface area (Å²) in [4.78, 5) is 24.2. The number of hydrogen-bond donors (Lipinski definition) is 1. The van der Waals surface area contributed by atoms with Crippen LogP contribution in [0.25, 0.3) is 0 Å². The van der Waals surface area contributed by atoms with Gasteiger partial charge in [0.2, 0.25) is 0 Å². The third-order valence-electron chi connectivity index (χ3n) is 3.71. The number of amides is 1. The van der Waals surface area contributed by atoms with E-state index >= 15 is 0 Å². The van der Waals surface area contributed by atoms with Crippen LogP contribution in [0.4, 0.5) is 0 Å². The quantitative estimate of drug-likeness (QED) is 0.776. The average Bonchev–Trinajstić information content (AvgIpc) is 3.33. The van der Waals surface area contributed by atoms with Crippen molar-refractivity contribution >= 4 is 35.4 Å². The molecule has 5 nitrogen and oxygen atoms in total. The van der Waals surface area contributed by atoms with Crippen molar-refractivity contribution in [3.8, 4) is 0 Å². The van der Waals surface area contributed by atoms with Crippen LogP contribution in [0.1, 0.15) is 33.2 Å². The van der Waals surface area contributed by atoms with Gasteiger partial charge >= 0.3 is 5.97 Å². The summed E-state index contributed by atoms with van der Waals surface area (Å²) in [7, 11) is 0. The molecule has 132 valence electrons. The predicted molar refractivity (Wildman–Crippen MR) is 99.5 cm³/mol. The Bertz CT molecular complexity index is 709. The summed E-state index contributed by atoms with van der Waals surface area (Å²) < 4.78 is 10.8. The van der Waals surface area contributed by atoms with Gasteiger partial charge in [0.25, 0.3) is 5.91 Å². The molecule has 7 heteroatoms. The molecular weight excluding hydrogens is 358 g/mol. The number of benzene rings is 1. The second-order valence-electron chi connectivity index (χ2n) is 5.54. The molecule has 0 saturated carbocycles. The fourth-order valence-corrected chi connectivity index (χ4v) is 5.20. The van der Waals surface area contributed by atoms with E-state index in [1.54, 1.807) is 31.2 Å². The zero-order chi connectivity index (χ0) is 17.6. The lowest BCUT2D eigenvalue weighted by atomic mass is 10.1. The Morgan fingerprint density at radius 3 is 2.60 bits per heavy atom. The summed E-state index contributed by atoms with van der Waals surface area (Å²) in [5, 5.41) is 2.67. The van der Waals surface area contributed by atoms with Crippen LogP contribution >= 0.6 is 23.5 Å². The minimum Gasteiger partial charge on any atom is -0.467 e. The Labute approximate surface area is 154 Å². The maximum absolute atomic E-state index is 12.2. The second kappa shape index (κ2) is 8.49. The van der Waals surface area contributed by atoms with Crippen LogP contribution in [0.3, 0.4) is 0 Å². The highest BCUT2D eigenvalue weighted by atomic mass is 32.2. The van der Waals surface area contributed by atoms with Gasteiger partial charge in [0, 0.05) is 11.5 Å². The first-order chi connectivity index (χ1) is 12.1. The summed E-state index contributed by atoms with van der Waals surface area (Å²) in [6.45, 7) is 1.81. The van der Waals surface area contributed by atoms with Crippen LogP contribution in [0.15, 0.2) is 47.1 Å². The highest BCUT2D eigenvalue weighted by molar-refractivity contribution is 8.19. The van der Waals surface area contributed by atoms with Gasteiger partial charge in [0.15, 0.2) is 6.10 Å². The topological polar surface area (TPSA) is 68.5 Å². The van der Waals surface area contributed by atoms with Crippen molar-refractivity contribution in [2.24, 2.45) is 0 Å². The third kappa shape index (κ3) is 4.83. The van der Waals surface area contributed by atoms with Crippen molar-refractivity contribution in [2.45, 2.75) is 24.2 Å². The number of ether oxygens (including phenoxy) is 1. The highest BCUT2D eigenvalue weighted by Crippen LogP contribution is 2.45. The largest absolute Gasteiger partial charge is 0.467 e. The van der Waals surface area contributed by atoms with E-state index in [0.717, 1.165) is 11.5 Å². The first-order valence-electron chi connectivity index (χ1n) is 7.98. The van der Waals surface area contributed by atoms with Crippen LogP contribution in [0.5, 0.6) is 0 Å². The molecule has 1 atom stereocenters. The van der Waals surface area contributed by atoms with Crippen LogP contribution in [0, 0.1) is 0 Å². The lowest BCUT2D eigenvalue weighted by Crippen LogP contribution is -2.35. The fraction of sp³-hybridized carbons (Fsp3) is 0.333. The normalized spacial score (nSPS) is 15.7. The molecule has 1 amide bonds. The standard InChI is InChI=1S/C18H19NO4S2/c1-12(16(20)19-11-15-3-2-8-22-15)23-17(21)13-4-6-14(7-5-13)18-24-9-10-25-18/h2-8,12,18H,9-11H2,1H3,(H,19,20). The lowest BCUT2D eigenvalue weighted by Gasteiger charge is -2.13. The minimum absolute atomic E-state index is 0.263. The van der Waals surface area contributed by atoms with Crippen LogP contribution < -0.4 is 5.32 Å². The molecule has 1 unspecified atom stereocenters. The molecule has 0 radical (unpaired) electrons. The van der Waals surface area contributed by atoms with E-state index in [4.69, 9.17) is 9.15 Å². The van der Waals surface area contributed by atoms with Gasteiger partial charge in [-0.2, -0.15) is 0 Å². The molecule has 3 rings (SSSR count). The molecule has 1 aromatic heterocycles. The number of thioether (sulfide) groups is 2. The Hall–Kier alpha value is -1.86. The molecule has 25 heavy (non-hydrogen) atoms. The Morgan fingerprint density at radius 2 is 1.96 bits per heavy atom. The monoisotopic (exact) mass is 377 g/mol. The van der Waals surface area contributed by atoms with E-state index in [9.17, 15) is 9.59 Å². The molecule has 1 N–H and O–H groups in total. The van der Waals surface area contributed by atoms with Crippen LogP contribution in [0.2, 0.25) is 0 Å². The summed E-state index contributed by atoms with van der Waals surface area (Å²) in [6, 6.07) is 10.9. The maximum Gasteiger partial charge on any atom is 0.338 e. The van der Waals surface area contributed by atoms with Gasteiger partial charge in [0.05, 0.1) is 23.0 Å². The van der Waals surface area contributed by atoms with E-state index in [2.05, 4.69) is 5.32 Å². The molecular formula is C18H19NO4S2. The van der Waals surface area contributed by atoms with Gasteiger partial charge in [-0.05, 0) is 36.8 Å². The second-order valence-corrected chi connectivity index (χ2v) is 8.26. The molecule has 0 bridgehead atoms. The Morgan fingerprint density at radius 1 is 1.24 bits per heavy atom. The molecule has 2 heterocycles. The molecule has 1 aromatic carbocycles.